The van der Waals surface area contributed by atoms with Gasteiger partial charge in [0, 0.05) is 22.6 Å². The highest BCUT2D eigenvalue weighted by Gasteiger charge is 2.15. The largest absolute Gasteiger partial charge is 0.478 e. The van der Waals surface area contributed by atoms with Crippen molar-refractivity contribution in [1.82, 2.24) is 0 Å². The van der Waals surface area contributed by atoms with Crippen molar-refractivity contribution in [2.24, 2.45) is 0 Å². The number of hydrogen-bond donors (Lipinski definition) is 3. The Morgan fingerprint density at radius 1 is 1.00 bits per heavy atom. The zero-order chi connectivity index (χ0) is 16.1. The molecule has 5 nitrogen and oxygen atoms in total. The molecule has 0 bridgehead atoms. The lowest BCUT2D eigenvalue weighted by molar-refractivity contribution is -0.366. The summed E-state index contributed by atoms with van der Waals surface area (Å²) in [7, 11) is 0. The lowest BCUT2D eigenvalue weighted by Gasteiger charge is -2.04. The van der Waals surface area contributed by atoms with E-state index in [4.69, 9.17) is 10.2 Å². The Hall–Kier alpha value is -2.60. The second-order valence-corrected chi connectivity index (χ2v) is 5.49. The summed E-state index contributed by atoms with van der Waals surface area (Å²) >= 11 is 0.877. The van der Waals surface area contributed by atoms with Gasteiger partial charge in [-0.25, -0.2) is 4.79 Å². The Balaban J connectivity index is 2.19. The molecule has 2 aromatic rings. The van der Waals surface area contributed by atoms with Crippen LogP contribution in [0.5, 0.6) is 0 Å². The van der Waals surface area contributed by atoms with E-state index in [0.29, 0.717) is 16.1 Å². The van der Waals surface area contributed by atoms with E-state index in [-0.39, 0.29) is 16.6 Å². The van der Waals surface area contributed by atoms with Gasteiger partial charge >= 0.3 is 11.9 Å². The Kier molecular flexibility index (Phi) is 4.95. The lowest BCUT2D eigenvalue weighted by atomic mass is 10.2. The quantitative estimate of drug-likeness (QED) is 0.456. The molecule has 6 heteroatoms. The first kappa shape index (κ1) is 15.8. The number of carbonyl (C=O) groups excluding carboxylic acids is 1. The van der Waals surface area contributed by atoms with Gasteiger partial charge in [0.05, 0.1) is 12.5 Å². The van der Waals surface area contributed by atoms with Gasteiger partial charge < -0.3 is 10.2 Å². The van der Waals surface area contributed by atoms with Gasteiger partial charge in [0.1, 0.15) is 0 Å². The summed E-state index contributed by atoms with van der Waals surface area (Å²) in [4.78, 5) is 26.5. The Labute approximate surface area is 131 Å². The summed E-state index contributed by atoms with van der Waals surface area (Å²) < 4.78 is 0. The highest BCUT2D eigenvalue weighted by Crippen LogP contribution is 2.26. The Morgan fingerprint density at radius 3 is 2.23 bits per heavy atom. The number of benzene rings is 2. The average Bonchev–Trinajstić information content (AvgIpc) is 2.47. The molecule has 0 fully saturated rings. The second kappa shape index (κ2) is 6.91. The smallest absolute Gasteiger partial charge is 0.336 e. The number of aliphatic hydroxyl groups is 1. The first-order chi connectivity index (χ1) is 10.5. The fraction of sp³-hybridized carbons (Fsp3) is 0.0625. The van der Waals surface area contributed by atoms with Gasteiger partial charge in [0.2, 0.25) is 10.8 Å². The van der Waals surface area contributed by atoms with Crippen molar-refractivity contribution in [3.8, 4) is 0 Å². The van der Waals surface area contributed by atoms with Crippen molar-refractivity contribution in [3.63, 3.8) is 0 Å². The number of aliphatic hydroxyl groups excluding tert-OH is 1. The molecule has 0 radical (unpaired) electrons. The van der Waals surface area contributed by atoms with Crippen molar-refractivity contribution in [2.75, 3.05) is 0 Å². The third-order valence-electron chi connectivity index (χ3n) is 2.77. The zero-order valence-corrected chi connectivity index (χ0v) is 12.6. The number of aromatic carboxylic acids is 1. The number of rotatable bonds is 4. The van der Waals surface area contributed by atoms with Gasteiger partial charge in [-0.3, -0.25) is 4.79 Å². The van der Waals surface area contributed by atoms with Crippen molar-refractivity contribution in [3.05, 3.63) is 59.7 Å². The van der Waals surface area contributed by atoms with Gasteiger partial charge in [-0.15, -0.1) is 0 Å². The predicted octanol–water partition coefficient (Wildman–Crippen LogP) is 2.01. The average molecular weight is 316 g/mol. The Morgan fingerprint density at radius 2 is 1.64 bits per heavy atom. The molecule has 2 aromatic carbocycles. The fourth-order valence-electron chi connectivity index (χ4n) is 1.79. The molecular formula is C16H14NO4S+. The van der Waals surface area contributed by atoms with Crippen LogP contribution in [0.1, 0.15) is 27.6 Å². The van der Waals surface area contributed by atoms with Crippen molar-refractivity contribution < 1.29 is 24.8 Å². The van der Waals surface area contributed by atoms with Crippen LogP contribution in [0, 0.1) is 0 Å². The van der Waals surface area contributed by atoms with Gasteiger partial charge in [0.15, 0.2) is 0 Å². The number of carboxylic acid groups (broad SMARTS) is 1. The van der Waals surface area contributed by atoms with Gasteiger partial charge in [0.25, 0.3) is 0 Å². The maximum absolute atomic E-state index is 12.2. The molecule has 112 valence electrons. The molecule has 0 aliphatic rings. The van der Waals surface area contributed by atoms with Gasteiger partial charge in [-0.05, 0) is 36.0 Å². The molecule has 0 aliphatic carbocycles. The van der Waals surface area contributed by atoms with Crippen LogP contribution in [0.2, 0.25) is 0 Å². The normalized spacial score (nSPS) is 11.2. The molecule has 0 amide bonds. The number of hydrogen-bond acceptors (Lipinski definition) is 3. The van der Waals surface area contributed by atoms with E-state index in [1.807, 2.05) is 0 Å². The second-order valence-electron chi connectivity index (χ2n) is 4.48. The van der Waals surface area contributed by atoms with Crippen molar-refractivity contribution in [2.45, 2.75) is 11.8 Å². The van der Waals surface area contributed by atoms with E-state index >= 15 is 0 Å². The van der Waals surface area contributed by atoms with Crippen LogP contribution in [-0.2, 0) is 0 Å². The molecule has 0 unspecified atom stereocenters. The van der Waals surface area contributed by atoms with E-state index in [0.717, 1.165) is 11.8 Å². The number of nitrogens with one attached hydrogen (secondary N) is 1. The van der Waals surface area contributed by atoms with Crippen molar-refractivity contribution in [1.29, 1.82) is 0 Å². The van der Waals surface area contributed by atoms with E-state index in [1.165, 1.54) is 13.0 Å². The number of carbonyl (C=O) groups is 2. The molecule has 0 spiro atoms. The molecule has 0 heterocycles. The summed E-state index contributed by atoms with van der Waals surface area (Å²) in [6, 6.07) is 12.9. The lowest BCUT2D eigenvalue weighted by Crippen LogP contribution is -2.65. The molecule has 0 saturated carbocycles. The summed E-state index contributed by atoms with van der Waals surface area (Å²) in [6.45, 7) is 1.51. The zero-order valence-electron chi connectivity index (χ0n) is 11.7. The van der Waals surface area contributed by atoms with E-state index in [2.05, 4.69) is 4.99 Å². The fourth-order valence-corrected chi connectivity index (χ4v) is 2.66. The maximum Gasteiger partial charge on any atom is 0.336 e. The third kappa shape index (κ3) is 3.95. The van der Waals surface area contributed by atoms with E-state index in [9.17, 15) is 9.59 Å². The monoisotopic (exact) mass is 316 g/mol. The van der Waals surface area contributed by atoms with Gasteiger partial charge in [-0.2, -0.15) is 4.99 Å². The molecule has 3 N–H and O–H groups in total. The molecule has 0 atom stereocenters. The standard InChI is InChI=1S/C16H13NO4S/c1-10(18)17-12-8-6-11(7-9-12)16(21)22-14-5-3-2-4-13(14)15(19)20/h2-9H,1H3,(H,17,18)(H,19,20)/p+1. The minimum absolute atomic E-state index is 0.0591. The molecule has 22 heavy (non-hydrogen) atoms. The minimum Gasteiger partial charge on any atom is -0.478 e. The van der Waals surface area contributed by atoms with E-state index < -0.39 is 5.97 Å². The highest BCUT2D eigenvalue weighted by atomic mass is 32.2. The summed E-state index contributed by atoms with van der Waals surface area (Å²) in [5, 5.41) is 18.0. The number of carboxylic acids is 1. The van der Waals surface area contributed by atoms with Crippen LogP contribution >= 0.6 is 11.8 Å². The topological polar surface area (TPSA) is 88.6 Å². The predicted molar refractivity (Wildman–Crippen MR) is 84.0 cm³/mol. The van der Waals surface area contributed by atoms with Crippen LogP contribution in [-0.4, -0.2) is 27.2 Å². The highest BCUT2D eigenvalue weighted by molar-refractivity contribution is 8.14. The van der Waals surface area contributed by atoms with Crippen molar-refractivity contribution >= 4 is 34.4 Å². The van der Waals surface area contributed by atoms with Crippen LogP contribution in [0.25, 0.3) is 0 Å². The molecular weight excluding hydrogens is 302 g/mol. The van der Waals surface area contributed by atoms with Crippen LogP contribution < -0.4 is 4.99 Å². The van der Waals surface area contributed by atoms with Crippen LogP contribution in [0.3, 0.4) is 0 Å². The number of thioether (sulfide) groups is 1. The maximum atomic E-state index is 12.2. The first-order valence-corrected chi connectivity index (χ1v) is 7.23. The molecule has 0 aliphatic heterocycles. The SMILES string of the molecule is CC(O)=[NH+]c1ccc(C(=O)Sc2ccccc2C(=O)O)cc1. The third-order valence-corrected chi connectivity index (χ3v) is 3.76. The van der Waals surface area contributed by atoms with E-state index in [1.54, 1.807) is 42.5 Å². The van der Waals surface area contributed by atoms with Crippen LogP contribution in [0.4, 0.5) is 5.69 Å². The Bertz CT molecular complexity index is 734. The molecule has 0 saturated heterocycles. The van der Waals surface area contributed by atoms with Crippen LogP contribution in [0.15, 0.2) is 53.4 Å². The summed E-state index contributed by atoms with van der Waals surface area (Å²) in [5.74, 6) is -1.01. The molecule has 0 aromatic heterocycles. The minimum atomic E-state index is -1.07. The van der Waals surface area contributed by atoms with Gasteiger partial charge in [-0.1, -0.05) is 12.1 Å². The summed E-state index contributed by atoms with van der Waals surface area (Å²) in [5.41, 5.74) is 1.21. The first-order valence-electron chi connectivity index (χ1n) is 6.41. The molecule has 2 rings (SSSR count). The summed E-state index contributed by atoms with van der Waals surface area (Å²) in [6.07, 6.45) is 0.